The van der Waals surface area contributed by atoms with Crippen LogP contribution in [0.5, 0.6) is 0 Å². The number of hydrogen-bond donors (Lipinski definition) is 1. The van der Waals surface area contributed by atoms with Crippen molar-refractivity contribution in [3.05, 3.63) is 0 Å². The van der Waals surface area contributed by atoms with Gasteiger partial charge in [0.2, 0.25) is 0 Å². The van der Waals surface area contributed by atoms with Crippen LogP contribution in [0.3, 0.4) is 0 Å². The van der Waals surface area contributed by atoms with E-state index in [0.717, 1.165) is 12.8 Å². The fourth-order valence-electron chi connectivity index (χ4n) is 1.66. The van der Waals surface area contributed by atoms with Crippen LogP contribution < -0.4 is 0 Å². The maximum absolute atomic E-state index is 10.7. The third-order valence-corrected chi connectivity index (χ3v) is 3.15. The van der Waals surface area contributed by atoms with Crippen molar-refractivity contribution in [3.63, 3.8) is 0 Å². The molecule has 1 N–H and O–H groups in total. The molecular formula is C9H18N2O5S. The highest BCUT2D eigenvalue weighted by Crippen LogP contribution is 2.03. The molecule has 1 fully saturated rings. The van der Waals surface area contributed by atoms with Gasteiger partial charge < -0.3 is 10.0 Å². The van der Waals surface area contributed by atoms with Gasteiger partial charge in [-0.3, -0.25) is 9.08 Å². The van der Waals surface area contributed by atoms with Crippen molar-refractivity contribution in [2.45, 2.75) is 6.42 Å². The Morgan fingerprint density at radius 1 is 1.29 bits per heavy atom. The summed E-state index contributed by atoms with van der Waals surface area (Å²) in [5, 5.41) is 8.75. The lowest BCUT2D eigenvalue weighted by Gasteiger charge is -2.32. The summed E-state index contributed by atoms with van der Waals surface area (Å²) in [4.78, 5) is 14.1. The van der Waals surface area contributed by atoms with Gasteiger partial charge in [0, 0.05) is 32.7 Å². The standard InChI is InChI=1S/C9H18N2O5S/c1-17(14,15)16-8-2-3-10-4-6-11(7-5-10)9(12)13/h2-8H2,1H3,(H,12,13). The Balaban J connectivity index is 2.12. The maximum atomic E-state index is 10.7. The smallest absolute Gasteiger partial charge is 0.407 e. The summed E-state index contributed by atoms with van der Waals surface area (Å²) in [5.41, 5.74) is 0. The molecule has 0 saturated carbocycles. The third kappa shape index (κ3) is 5.85. The summed E-state index contributed by atoms with van der Waals surface area (Å²) < 4.78 is 26.0. The van der Waals surface area contributed by atoms with Crippen LogP contribution in [0, 0.1) is 0 Å². The highest BCUT2D eigenvalue weighted by atomic mass is 32.2. The van der Waals surface area contributed by atoms with Crippen molar-refractivity contribution in [2.75, 3.05) is 45.6 Å². The molecule has 100 valence electrons. The Kier molecular flexibility index (Phi) is 5.16. The number of nitrogens with zero attached hydrogens (tertiary/aromatic N) is 2. The molecule has 1 saturated heterocycles. The molecule has 0 spiro atoms. The van der Waals surface area contributed by atoms with E-state index in [1.807, 2.05) is 0 Å². The Bertz CT molecular complexity index is 348. The van der Waals surface area contributed by atoms with Crippen LogP contribution in [0.15, 0.2) is 0 Å². The van der Waals surface area contributed by atoms with Crippen LogP contribution in [0.2, 0.25) is 0 Å². The second kappa shape index (κ2) is 6.18. The zero-order chi connectivity index (χ0) is 12.9. The zero-order valence-corrected chi connectivity index (χ0v) is 10.6. The van der Waals surface area contributed by atoms with Crippen molar-refractivity contribution in [1.29, 1.82) is 0 Å². The molecule has 0 unspecified atom stereocenters. The first kappa shape index (κ1) is 14.2. The molecule has 17 heavy (non-hydrogen) atoms. The van der Waals surface area contributed by atoms with Gasteiger partial charge in [0.05, 0.1) is 12.9 Å². The predicted octanol–water partition coefficient (Wildman–Crippen LogP) is -0.352. The average molecular weight is 266 g/mol. The lowest BCUT2D eigenvalue weighted by molar-refractivity contribution is 0.103. The van der Waals surface area contributed by atoms with Crippen LogP contribution in [0.4, 0.5) is 4.79 Å². The lowest BCUT2D eigenvalue weighted by atomic mass is 10.3. The molecule has 0 aromatic heterocycles. The van der Waals surface area contributed by atoms with E-state index in [0.29, 0.717) is 32.6 Å². The largest absolute Gasteiger partial charge is 0.465 e. The monoisotopic (exact) mass is 266 g/mol. The van der Waals surface area contributed by atoms with Gasteiger partial charge in [-0.1, -0.05) is 0 Å². The summed E-state index contributed by atoms with van der Waals surface area (Å²) in [6.07, 6.45) is 0.767. The van der Waals surface area contributed by atoms with E-state index in [4.69, 9.17) is 5.11 Å². The second-order valence-corrected chi connectivity index (χ2v) is 5.63. The minimum atomic E-state index is -3.35. The molecule has 1 rings (SSSR count). The van der Waals surface area contributed by atoms with E-state index >= 15 is 0 Å². The third-order valence-electron chi connectivity index (χ3n) is 2.56. The second-order valence-electron chi connectivity index (χ2n) is 3.99. The van der Waals surface area contributed by atoms with Gasteiger partial charge in [0.25, 0.3) is 10.1 Å². The Morgan fingerprint density at radius 2 is 1.88 bits per heavy atom. The van der Waals surface area contributed by atoms with E-state index in [1.54, 1.807) is 0 Å². The summed E-state index contributed by atoms with van der Waals surface area (Å²) >= 11 is 0. The summed E-state index contributed by atoms with van der Waals surface area (Å²) in [6, 6.07) is 0. The zero-order valence-electron chi connectivity index (χ0n) is 9.83. The molecule has 0 aliphatic carbocycles. The fraction of sp³-hybridized carbons (Fsp3) is 0.889. The topological polar surface area (TPSA) is 87.2 Å². The first-order valence-electron chi connectivity index (χ1n) is 5.43. The number of piperazine rings is 1. The molecule has 0 aromatic carbocycles. The van der Waals surface area contributed by atoms with Gasteiger partial charge in [-0.05, 0) is 6.42 Å². The molecule has 1 heterocycles. The SMILES string of the molecule is CS(=O)(=O)OCCCN1CCN(C(=O)O)CC1. The molecule has 7 nitrogen and oxygen atoms in total. The molecule has 1 amide bonds. The van der Waals surface area contributed by atoms with E-state index in [1.165, 1.54) is 4.90 Å². The first-order valence-corrected chi connectivity index (χ1v) is 7.25. The van der Waals surface area contributed by atoms with E-state index in [-0.39, 0.29) is 6.61 Å². The number of amides is 1. The molecule has 0 radical (unpaired) electrons. The van der Waals surface area contributed by atoms with Crippen molar-refractivity contribution >= 4 is 16.2 Å². The number of hydrogen-bond acceptors (Lipinski definition) is 5. The molecule has 0 aromatic rings. The summed E-state index contributed by atoms with van der Waals surface area (Å²) in [7, 11) is -3.35. The van der Waals surface area contributed by atoms with Gasteiger partial charge in [0.1, 0.15) is 0 Å². The molecule has 0 bridgehead atoms. The highest BCUT2D eigenvalue weighted by Gasteiger charge is 2.19. The van der Waals surface area contributed by atoms with E-state index in [2.05, 4.69) is 9.08 Å². The first-order chi connectivity index (χ1) is 7.88. The van der Waals surface area contributed by atoms with Crippen molar-refractivity contribution in [2.24, 2.45) is 0 Å². The van der Waals surface area contributed by atoms with E-state index in [9.17, 15) is 13.2 Å². The van der Waals surface area contributed by atoms with Crippen LogP contribution in [0.1, 0.15) is 6.42 Å². The highest BCUT2D eigenvalue weighted by molar-refractivity contribution is 7.85. The van der Waals surface area contributed by atoms with Crippen LogP contribution >= 0.6 is 0 Å². The van der Waals surface area contributed by atoms with Crippen LogP contribution in [0.25, 0.3) is 0 Å². The normalized spacial score (nSPS) is 18.3. The fourth-order valence-corrected chi connectivity index (χ4v) is 2.08. The number of carboxylic acid groups (broad SMARTS) is 1. The van der Waals surface area contributed by atoms with Gasteiger partial charge >= 0.3 is 6.09 Å². The molecule has 0 atom stereocenters. The molecular weight excluding hydrogens is 248 g/mol. The predicted molar refractivity (Wildman–Crippen MR) is 61.5 cm³/mol. The maximum Gasteiger partial charge on any atom is 0.407 e. The van der Waals surface area contributed by atoms with Gasteiger partial charge in [-0.15, -0.1) is 0 Å². The summed E-state index contributed by atoms with van der Waals surface area (Å²) in [6.45, 7) is 3.28. The minimum Gasteiger partial charge on any atom is -0.465 e. The lowest BCUT2D eigenvalue weighted by Crippen LogP contribution is -2.48. The summed E-state index contributed by atoms with van der Waals surface area (Å²) in [5.74, 6) is 0. The number of carbonyl (C=O) groups is 1. The quantitative estimate of drug-likeness (QED) is 0.540. The van der Waals surface area contributed by atoms with Crippen molar-refractivity contribution in [3.8, 4) is 0 Å². The molecule has 1 aliphatic heterocycles. The number of rotatable bonds is 5. The van der Waals surface area contributed by atoms with Gasteiger partial charge in [-0.2, -0.15) is 8.42 Å². The molecule has 1 aliphatic rings. The van der Waals surface area contributed by atoms with Crippen LogP contribution in [-0.2, 0) is 14.3 Å². The average Bonchev–Trinajstić information content (AvgIpc) is 2.24. The van der Waals surface area contributed by atoms with Gasteiger partial charge in [-0.25, -0.2) is 4.79 Å². The van der Waals surface area contributed by atoms with Crippen molar-refractivity contribution in [1.82, 2.24) is 9.80 Å². The Morgan fingerprint density at radius 3 is 2.35 bits per heavy atom. The van der Waals surface area contributed by atoms with E-state index < -0.39 is 16.2 Å². The molecule has 8 heteroatoms. The van der Waals surface area contributed by atoms with Crippen molar-refractivity contribution < 1.29 is 22.5 Å². The Labute approximate surface area is 101 Å². The van der Waals surface area contributed by atoms with Crippen LogP contribution in [-0.4, -0.2) is 75.0 Å². The van der Waals surface area contributed by atoms with Gasteiger partial charge in [0.15, 0.2) is 0 Å². The Hall–Kier alpha value is -0.860. The minimum absolute atomic E-state index is 0.179.